The van der Waals surface area contributed by atoms with Crippen molar-refractivity contribution in [1.29, 1.82) is 0 Å². The topological polar surface area (TPSA) is 17.8 Å². The molecular weight excluding hydrogens is 448 g/mol. The first kappa shape index (κ1) is 20.3. The maximum Gasteiger partial charge on any atom is 0.138 e. The Kier molecular flexibility index (Phi) is 4.26. The van der Waals surface area contributed by atoms with Crippen LogP contribution in [-0.2, 0) is 0 Å². The molecule has 2 heteroatoms. The largest absolute Gasteiger partial charge is 0.293 e. The van der Waals surface area contributed by atoms with E-state index in [-0.39, 0.29) is 0 Å². The molecule has 0 aliphatic heterocycles. The van der Waals surface area contributed by atoms with E-state index in [1.165, 1.54) is 54.1 Å². The zero-order valence-corrected chi connectivity index (χ0v) is 20.1. The van der Waals surface area contributed by atoms with Crippen molar-refractivity contribution >= 4 is 54.1 Å². The van der Waals surface area contributed by atoms with Crippen LogP contribution in [0.25, 0.3) is 71.2 Å². The molecule has 0 fully saturated rings. The molecule has 0 bridgehead atoms. The Morgan fingerprint density at radius 3 is 1.73 bits per heavy atom. The molecule has 2 heterocycles. The lowest BCUT2D eigenvalue weighted by molar-refractivity contribution is 1.09. The summed E-state index contributed by atoms with van der Waals surface area (Å²) < 4.78 is 2.36. The van der Waals surface area contributed by atoms with Gasteiger partial charge in [0.25, 0.3) is 0 Å². The molecule has 0 unspecified atom stereocenters. The fourth-order valence-corrected chi connectivity index (χ4v) is 6.00. The minimum atomic E-state index is 0.928. The van der Waals surface area contributed by atoms with E-state index in [0.29, 0.717) is 0 Å². The van der Waals surface area contributed by atoms with Crippen molar-refractivity contribution in [2.24, 2.45) is 0 Å². The first-order valence-corrected chi connectivity index (χ1v) is 12.7. The van der Waals surface area contributed by atoms with Gasteiger partial charge in [-0.3, -0.25) is 4.57 Å². The van der Waals surface area contributed by atoms with E-state index in [2.05, 4.69) is 132 Å². The van der Waals surface area contributed by atoms with Crippen molar-refractivity contribution in [3.8, 4) is 17.1 Å². The van der Waals surface area contributed by atoms with E-state index in [4.69, 9.17) is 4.98 Å². The van der Waals surface area contributed by atoms with E-state index in [1.807, 2.05) is 6.07 Å². The van der Waals surface area contributed by atoms with Gasteiger partial charge in [0, 0.05) is 21.7 Å². The van der Waals surface area contributed by atoms with E-state index < -0.39 is 0 Å². The number of aromatic nitrogens is 2. The van der Waals surface area contributed by atoms with Gasteiger partial charge in [-0.25, -0.2) is 4.98 Å². The summed E-state index contributed by atoms with van der Waals surface area (Å²) in [7, 11) is 0. The van der Waals surface area contributed by atoms with Crippen LogP contribution >= 0.6 is 0 Å². The molecule has 0 aliphatic carbocycles. The molecule has 6 aromatic carbocycles. The molecule has 0 aliphatic rings. The third kappa shape index (κ3) is 2.90. The van der Waals surface area contributed by atoms with E-state index in [0.717, 1.165) is 17.1 Å². The summed E-state index contributed by atoms with van der Waals surface area (Å²) in [5, 5.41) is 10.1. The molecule has 2 aromatic heterocycles. The van der Waals surface area contributed by atoms with Crippen LogP contribution in [0.2, 0.25) is 0 Å². The molecule has 0 atom stereocenters. The monoisotopic (exact) mass is 470 g/mol. The summed E-state index contributed by atoms with van der Waals surface area (Å²) in [6.45, 7) is 0. The summed E-state index contributed by atoms with van der Waals surface area (Å²) >= 11 is 0. The van der Waals surface area contributed by atoms with Gasteiger partial charge in [0.05, 0.1) is 16.7 Å². The van der Waals surface area contributed by atoms with Crippen LogP contribution in [-0.4, -0.2) is 9.55 Å². The van der Waals surface area contributed by atoms with E-state index >= 15 is 0 Å². The minimum Gasteiger partial charge on any atom is -0.293 e. The maximum absolute atomic E-state index is 5.20. The first-order chi connectivity index (χ1) is 18.4. The highest BCUT2D eigenvalue weighted by atomic mass is 15.1. The Morgan fingerprint density at radius 2 is 0.973 bits per heavy atom. The standard InChI is InChI=1S/C35H22N2/c1-2-11-23(12-3-1)31-18-10-20-33(36-31)37-32-19-9-8-16-27(32)30-22-21-29-26-15-5-4-13-24(26)25-14-6-7-17-28(25)34(29)35(30)37/h1-22H. The summed E-state index contributed by atoms with van der Waals surface area (Å²) in [6.07, 6.45) is 0. The number of pyridine rings is 1. The molecular formula is C35H22N2. The molecule has 8 aromatic rings. The SMILES string of the molecule is c1ccc(-c2cccc(-n3c4ccccc4c4ccc5c6ccccc6c6ccccc6c5c43)n2)cc1. The maximum atomic E-state index is 5.20. The molecule has 2 nitrogen and oxygen atoms in total. The summed E-state index contributed by atoms with van der Waals surface area (Å²) in [5.74, 6) is 0.928. The Morgan fingerprint density at radius 1 is 0.405 bits per heavy atom. The van der Waals surface area contributed by atoms with Crippen LogP contribution < -0.4 is 0 Å². The third-order valence-corrected chi connectivity index (χ3v) is 7.57. The number of para-hydroxylation sites is 1. The van der Waals surface area contributed by atoms with Crippen LogP contribution in [0.15, 0.2) is 133 Å². The third-order valence-electron chi connectivity index (χ3n) is 7.57. The van der Waals surface area contributed by atoms with E-state index in [1.54, 1.807) is 0 Å². The predicted octanol–water partition coefficient (Wildman–Crippen LogP) is 9.31. The molecule has 0 amide bonds. The second-order valence-electron chi connectivity index (χ2n) is 9.58. The van der Waals surface area contributed by atoms with Crippen molar-refractivity contribution in [3.05, 3.63) is 133 Å². The van der Waals surface area contributed by atoms with Crippen molar-refractivity contribution in [2.75, 3.05) is 0 Å². The zero-order chi connectivity index (χ0) is 24.3. The number of rotatable bonds is 2. The highest BCUT2D eigenvalue weighted by molar-refractivity contribution is 6.33. The summed E-state index contributed by atoms with van der Waals surface area (Å²) in [5.41, 5.74) is 4.46. The quantitative estimate of drug-likeness (QED) is 0.230. The highest BCUT2D eigenvalue weighted by Gasteiger charge is 2.19. The molecule has 37 heavy (non-hydrogen) atoms. The second-order valence-corrected chi connectivity index (χ2v) is 9.58. The van der Waals surface area contributed by atoms with Gasteiger partial charge in [-0.1, -0.05) is 115 Å². The van der Waals surface area contributed by atoms with Crippen LogP contribution in [0.1, 0.15) is 0 Å². The number of nitrogens with zero attached hydrogens (tertiary/aromatic N) is 2. The molecule has 0 saturated heterocycles. The van der Waals surface area contributed by atoms with Crippen molar-refractivity contribution < 1.29 is 0 Å². The lowest BCUT2D eigenvalue weighted by Gasteiger charge is -2.14. The molecule has 172 valence electrons. The Balaban J connectivity index is 1.60. The van der Waals surface area contributed by atoms with Crippen molar-refractivity contribution in [1.82, 2.24) is 9.55 Å². The average molecular weight is 471 g/mol. The Bertz CT molecular complexity index is 2100. The Labute approximate surface area is 214 Å². The molecule has 0 saturated carbocycles. The van der Waals surface area contributed by atoms with Crippen LogP contribution in [0.4, 0.5) is 0 Å². The fraction of sp³-hybridized carbons (Fsp3) is 0. The van der Waals surface area contributed by atoms with Crippen molar-refractivity contribution in [3.63, 3.8) is 0 Å². The van der Waals surface area contributed by atoms with Gasteiger partial charge in [-0.05, 0) is 45.1 Å². The lowest BCUT2D eigenvalue weighted by Crippen LogP contribution is -1.99. The molecule has 8 rings (SSSR count). The molecule has 0 spiro atoms. The first-order valence-electron chi connectivity index (χ1n) is 12.7. The lowest BCUT2D eigenvalue weighted by atomic mass is 9.93. The van der Waals surface area contributed by atoms with Gasteiger partial charge >= 0.3 is 0 Å². The number of benzene rings is 6. The van der Waals surface area contributed by atoms with Crippen LogP contribution in [0.3, 0.4) is 0 Å². The van der Waals surface area contributed by atoms with Crippen LogP contribution in [0.5, 0.6) is 0 Å². The van der Waals surface area contributed by atoms with E-state index in [9.17, 15) is 0 Å². The number of fused-ring (bicyclic) bond motifs is 10. The van der Waals surface area contributed by atoms with Gasteiger partial charge in [0.1, 0.15) is 5.82 Å². The summed E-state index contributed by atoms with van der Waals surface area (Å²) in [4.78, 5) is 5.20. The predicted molar refractivity (Wildman–Crippen MR) is 157 cm³/mol. The minimum absolute atomic E-state index is 0.928. The van der Waals surface area contributed by atoms with Gasteiger partial charge in [-0.15, -0.1) is 0 Å². The average Bonchev–Trinajstić information content (AvgIpc) is 3.32. The van der Waals surface area contributed by atoms with Gasteiger partial charge < -0.3 is 0 Å². The zero-order valence-electron chi connectivity index (χ0n) is 20.1. The van der Waals surface area contributed by atoms with Gasteiger partial charge in [0.15, 0.2) is 0 Å². The normalized spacial score (nSPS) is 11.8. The highest BCUT2D eigenvalue weighted by Crippen LogP contribution is 2.42. The molecule has 0 N–H and O–H groups in total. The number of hydrogen-bond acceptors (Lipinski definition) is 1. The van der Waals surface area contributed by atoms with Crippen molar-refractivity contribution in [2.45, 2.75) is 0 Å². The number of hydrogen-bond donors (Lipinski definition) is 0. The second kappa shape index (κ2) is 7.78. The summed E-state index contributed by atoms with van der Waals surface area (Å²) in [6, 6.07) is 47.6. The van der Waals surface area contributed by atoms with Gasteiger partial charge in [-0.2, -0.15) is 0 Å². The fourth-order valence-electron chi connectivity index (χ4n) is 6.00. The Hall–Kier alpha value is -4.95. The van der Waals surface area contributed by atoms with Gasteiger partial charge in [0.2, 0.25) is 0 Å². The smallest absolute Gasteiger partial charge is 0.138 e. The molecule has 0 radical (unpaired) electrons. The van der Waals surface area contributed by atoms with Crippen LogP contribution in [0, 0.1) is 0 Å².